The van der Waals surface area contributed by atoms with Crippen LogP contribution in [0.5, 0.6) is 11.5 Å². The van der Waals surface area contributed by atoms with Gasteiger partial charge in [-0.25, -0.2) is 4.39 Å². The lowest BCUT2D eigenvalue weighted by atomic mass is 10.0. The number of hydrogen-bond donors (Lipinski definition) is 1. The fraction of sp³-hybridized carbons (Fsp3) is 0.316. The first-order valence-electron chi connectivity index (χ1n) is 8.41. The molecule has 6 heteroatoms. The van der Waals surface area contributed by atoms with E-state index in [1.807, 2.05) is 11.0 Å². The predicted octanol–water partition coefficient (Wildman–Crippen LogP) is 2.95. The minimum absolute atomic E-state index is 0.0426. The van der Waals surface area contributed by atoms with Gasteiger partial charge in [-0.3, -0.25) is 4.79 Å². The van der Waals surface area contributed by atoms with Crippen LogP contribution in [0.3, 0.4) is 0 Å². The summed E-state index contributed by atoms with van der Waals surface area (Å²) in [5.41, 5.74) is 1.05. The second-order valence-corrected chi connectivity index (χ2v) is 6.25. The smallest absolute Gasteiger partial charge is 0.255 e. The zero-order valence-electron chi connectivity index (χ0n) is 13.7. The number of rotatable bonds is 3. The van der Waals surface area contributed by atoms with Gasteiger partial charge in [0, 0.05) is 19.1 Å². The van der Waals surface area contributed by atoms with E-state index in [0.717, 1.165) is 19.4 Å². The first-order valence-corrected chi connectivity index (χ1v) is 8.41. The Bertz CT molecular complexity index is 796. The number of carbonyl (C=O) groups excluding carboxylic acids is 1. The maximum absolute atomic E-state index is 14.0. The van der Waals surface area contributed by atoms with E-state index in [-0.39, 0.29) is 24.6 Å². The van der Waals surface area contributed by atoms with Crippen molar-refractivity contribution in [1.29, 1.82) is 0 Å². The Hall–Kier alpha value is -2.76. The number of nitrogens with zero attached hydrogens (tertiary/aromatic N) is 1. The SMILES string of the molecule is O=C(NC1CCCN(c2ccccc2F)C1)c1cccc2c1OCO2. The number of para-hydroxylation sites is 2. The fourth-order valence-electron chi connectivity index (χ4n) is 3.39. The van der Waals surface area contributed by atoms with Gasteiger partial charge in [0.1, 0.15) is 5.82 Å². The quantitative estimate of drug-likeness (QED) is 0.932. The third-order valence-corrected chi connectivity index (χ3v) is 4.59. The minimum atomic E-state index is -0.235. The van der Waals surface area contributed by atoms with E-state index in [2.05, 4.69) is 5.32 Å². The van der Waals surface area contributed by atoms with Crippen LogP contribution in [0, 0.1) is 5.82 Å². The molecule has 1 saturated heterocycles. The second kappa shape index (κ2) is 6.63. The standard InChI is InChI=1S/C19H19FN2O3/c20-15-7-1-2-8-16(15)22-10-4-5-13(11-22)21-19(23)14-6-3-9-17-18(14)25-12-24-17/h1-3,6-9,13H,4-5,10-12H2,(H,21,23). The van der Waals surface area contributed by atoms with Gasteiger partial charge in [0.25, 0.3) is 5.91 Å². The van der Waals surface area contributed by atoms with Crippen molar-refractivity contribution in [3.8, 4) is 11.5 Å². The van der Waals surface area contributed by atoms with Crippen molar-refractivity contribution in [3.05, 3.63) is 53.8 Å². The van der Waals surface area contributed by atoms with Crippen LogP contribution in [0.25, 0.3) is 0 Å². The Labute approximate surface area is 145 Å². The van der Waals surface area contributed by atoms with Crippen LogP contribution in [0.15, 0.2) is 42.5 Å². The van der Waals surface area contributed by atoms with Gasteiger partial charge >= 0.3 is 0 Å². The number of benzene rings is 2. The van der Waals surface area contributed by atoms with Crippen LogP contribution < -0.4 is 19.7 Å². The molecule has 0 saturated carbocycles. The summed E-state index contributed by atoms with van der Waals surface area (Å²) in [6.45, 7) is 1.49. The van der Waals surface area contributed by atoms with Gasteiger partial charge in [-0.05, 0) is 37.1 Å². The first kappa shape index (κ1) is 15.7. The third-order valence-electron chi connectivity index (χ3n) is 4.59. The highest BCUT2D eigenvalue weighted by Crippen LogP contribution is 2.35. The lowest BCUT2D eigenvalue weighted by Gasteiger charge is -2.35. The van der Waals surface area contributed by atoms with Crippen molar-refractivity contribution < 1.29 is 18.7 Å². The normalized spacial score (nSPS) is 18.9. The summed E-state index contributed by atoms with van der Waals surface area (Å²) >= 11 is 0. The van der Waals surface area contributed by atoms with E-state index < -0.39 is 0 Å². The number of halogens is 1. The molecule has 4 rings (SSSR count). The Morgan fingerprint density at radius 3 is 2.92 bits per heavy atom. The summed E-state index contributed by atoms with van der Waals surface area (Å²) in [7, 11) is 0. The molecular formula is C19H19FN2O3. The highest BCUT2D eigenvalue weighted by Gasteiger charge is 2.26. The summed E-state index contributed by atoms with van der Waals surface area (Å²) in [6, 6.07) is 12.0. The number of carbonyl (C=O) groups is 1. The van der Waals surface area contributed by atoms with E-state index in [1.54, 1.807) is 30.3 Å². The fourth-order valence-corrected chi connectivity index (χ4v) is 3.39. The largest absolute Gasteiger partial charge is 0.454 e. The van der Waals surface area contributed by atoms with Gasteiger partial charge in [-0.2, -0.15) is 0 Å². The molecule has 2 aliphatic heterocycles. The monoisotopic (exact) mass is 342 g/mol. The maximum atomic E-state index is 14.0. The zero-order valence-corrected chi connectivity index (χ0v) is 13.7. The number of nitrogens with one attached hydrogen (secondary N) is 1. The summed E-state index contributed by atoms with van der Waals surface area (Å²) < 4.78 is 24.7. The van der Waals surface area contributed by atoms with Crippen LogP contribution >= 0.6 is 0 Å². The average molecular weight is 342 g/mol. The Morgan fingerprint density at radius 1 is 1.16 bits per heavy atom. The number of hydrogen-bond acceptors (Lipinski definition) is 4. The van der Waals surface area contributed by atoms with Crippen LogP contribution in [0.1, 0.15) is 23.2 Å². The molecule has 1 fully saturated rings. The highest BCUT2D eigenvalue weighted by molar-refractivity contribution is 5.98. The zero-order chi connectivity index (χ0) is 17.2. The molecule has 1 N–H and O–H groups in total. The molecule has 5 nitrogen and oxygen atoms in total. The van der Waals surface area contributed by atoms with E-state index in [1.165, 1.54) is 6.07 Å². The number of piperidine rings is 1. The molecule has 0 aliphatic carbocycles. The summed E-state index contributed by atoms with van der Waals surface area (Å²) in [5, 5.41) is 3.05. The lowest BCUT2D eigenvalue weighted by Crippen LogP contribution is -2.48. The number of amides is 1. The van der Waals surface area contributed by atoms with Gasteiger partial charge in [0.05, 0.1) is 11.3 Å². The molecular weight excluding hydrogens is 323 g/mol. The number of ether oxygens (including phenoxy) is 2. The maximum Gasteiger partial charge on any atom is 0.255 e. The van der Waals surface area contributed by atoms with E-state index in [0.29, 0.717) is 29.3 Å². The van der Waals surface area contributed by atoms with Gasteiger partial charge in [-0.15, -0.1) is 0 Å². The van der Waals surface area contributed by atoms with Gasteiger partial charge < -0.3 is 19.7 Å². The molecule has 1 atom stereocenters. The van der Waals surface area contributed by atoms with Crippen molar-refractivity contribution in [3.63, 3.8) is 0 Å². The van der Waals surface area contributed by atoms with Crippen LogP contribution in [0.4, 0.5) is 10.1 Å². The third kappa shape index (κ3) is 3.12. The van der Waals surface area contributed by atoms with Crippen molar-refractivity contribution >= 4 is 11.6 Å². The molecule has 1 amide bonds. The summed E-state index contributed by atoms with van der Waals surface area (Å²) in [4.78, 5) is 14.6. The van der Waals surface area contributed by atoms with E-state index in [4.69, 9.17) is 9.47 Å². The van der Waals surface area contributed by atoms with Gasteiger partial charge in [-0.1, -0.05) is 18.2 Å². The van der Waals surface area contributed by atoms with Crippen LogP contribution in [0.2, 0.25) is 0 Å². The van der Waals surface area contributed by atoms with Crippen LogP contribution in [-0.4, -0.2) is 31.8 Å². The predicted molar refractivity (Wildman–Crippen MR) is 91.7 cm³/mol. The molecule has 1 unspecified atom stereocenters. The molecule has 0 bridgehead atoms. The molecule has 2 heterocycles. The first-order chi connectivity index (χ1) is 12.2. The molecule has 0 spiro atoms. The topological polar surface area (TPSA) is 50.8 Å². The van der Waals surface area contributed by atoms with Gasteiger partial charge in [0.15, 0.2) is 11.5 Å². The number of anilines is 1. The number of fused-ring (bicyclic) bond motifs is 1. The van der Waals surface area contributed by atoms with Crippen molar-refractivity contribution in [2.24, 2.45) is 0 Å². The Balaban J connectivity index is 1.47. The Kier molecular flexibility index (Phi) is 4.17. The molecule has 2 aromatic rings. The molecule has 130 valence electrons. The molecule has 0 radical (unpaired) electrons. The van der Waals surface area contributed by atoms with E-state index >= 15 is 0 Å². The van der Waals surface area contributed by atoms with Crippen molar-refractivity contribution in [2.45, 2.75) is 18.9 Å². The minimum Gasteiger partial charge on any atom is -0.454 e. The summed E-state index contributed by atoms with van der Waals surface area (Å²) in [5.74, 6) is 0.648. The lowest BCUT2D eigenvalue weighted by molar-refractivity contribution is 0.0928. The summed E-state index contributed by atoms with van der Waals surface area (Å²) in [6.07, 6.45) is 1.76. The van der Waals surface area contributed by atoms with Crippen LogP contribution in [-0.2, 0) is 0 Å². The average Bonchev–Trinajstić information content (AvgIpc) is 3.11. The highest BCUT2D eigenvalue weighted by atomic mass is 19.1. The van der Waals surface area contributed by atoms with Crippen molar-refractivity contribution in [1.82, 2.24) is 5.32 Å². The molecule has 2 aromatic carbocycles. The second-order valence-electron chi connectivity index (χ2n) is 6.25. The van der Waals surface area contributed by atoms with Crippen molar-refractivity contribution in [2.75, 3.05) is 24.8 Å². The molecule has 0 aromatic heterocycles. The molecule has 25 heavy (non-hydrogen) atoms. The molecule has 2 aliphatic rings. The van der Waals surface area contributed by atoms with E-state index in [9.17, 15) is 9.18 Å². The van der Waals surface area contributed by atoms with Gasteiger partial charge in [0.2, 0.25) is 6.79 Å². The Morgan fingerprint density at radius 2 is 2.04 bits per heavy atom.